The van der Waals surface area contributed by atoms with E-state index in [0.29, 0.717) is 12.8 Å². The number of hydrogen-bond acceptors (Lipinski definition) is 7. The number of nitrogens with one attached hydrogen (secondary N) is 1. The Balaban J connectivity index is 4.69. The van der Waals surface area contributed by atoms with Gasteiger partial charge in [0, 0.05) is 6.54 Å². The molecule has 0 heterocycles. The van der Waals surface area contributed by atoms with Crippen LogP contribution in [0.15, 0.2) is 48.6 Å². The molecule has 0 spiro atoms. The van der Waals surface area contributed by atoms with Gasteiger partial charge in [0.15, 0.2) is 0 Å². The summed E-state index contributed by atoms with van der Waals surface area (Å²) < 4.78 is 21.9. The number of unbranched alkanes of at least 4 members (excludes halogenated alkanes) is 13. The maximum absolute atomic E-state index is 12.6. The Hall–Kier alpha value is -1.58. The van der Waals surface area contributed by atoms with E-state index in [9.17, 15) is 24.5 Å². The number of allylic oxidation sites excluding steroid dienone is 6. The molecule has 0 aromatic rings. The lowest BCUT2D eigenvalue weighted by atomic mass is 10.1. The van der Waals surface area contributed by atoms with Crippen molar-refractivity contribution in [1.29, 1.82) is 0 Å². The highest BCUT2D eigenvalue weighted by Crippen LogP contribution is 2.43. The molecule has 4 atom stereocenters. The van der Waals surface area contributed by atoms with Gasteiger partial charge in [0.1, 0.15) is 0 Å². The summed E-state index contributed by atoms with van der Waals surface area (Å²) in [6.07, 6.45) is 32.3. The van der Waals surface area contributed by atoms with Crippen LogP contribution in [-0.4, -0.2) is 59.0 Å². The number of rotatable bonds is 31. The molecule has 4 unspecified atom stereocenters. The summed E-state index contributed by atoms with van der Waals surface area (Å²) in [5, 5.41) is 23.6. The standard InChI is InChI=1S/C35H65N2O7P/c1-3-5-7-9-11-13-15-17-19-21-23-25-27-34(39)33(31-44-45(41,42)43-29-28-36)37-35(40)30-32(38)26-24-22-20-18-16-14-12-10-8-6-4-2/h17-20,24-27,32-34,38-39H,3-16,21-23,28-31,36H2,1-2H3,(H,37,40)(H,41,42)/b19-17+,20-18-,26-24-,27-25+. The zero-order valence-electron chi connectivity index (χ0n) is 28.2. The fourth-order valence-electron chi connectivity index (χ4n) is 4.54. The molecule has 10 heteroatoms. The first kappa shape index (κ1) is 43.4. The van der Waals surface area contributed by atoms with Gasteiger partial charge in [0.05, 0.1) is 37.9 Å². The van der Waals surface area contributed by atoms with Crippen LogP contribution in [0, 0.1) is 0 Å². The lowest BCUT2D eigenvalue weighted by Crippen LogP contribution is -2.46. The maximum atomic E-state index is 12.6. The maximum Gasteiger partial charge on any atom is 0.472 e. The minimum Gasteiger partial charge on any atom is -0.389 e. The van der Waals surface area contributed by atoms with E-state index in [2.05, 4.69) is 43.5 Å². The summed E-state index contributed by atoms with van der Waals surface area (Å²) in [5.74, 6) is -0.528. The van der Waals surface area contributed by atoms with Crippen LogP contribution < -0.4 is 11.1 Å². The first-order valence-electron chi connectivity index (χ1n) is 17.4. The molecule has 0 bridgehead atoms. The van der Waals surface area contributed by atoms with E-state index in [-0.39, 0.29) is 19.6 Å². The lowest BCUT2D eigenvalue weighted by molar-refractivity contribution is -0.124. The molecule has 262 valence electrons. The molecular weight excluding hydrogens is 591 g/mol. The molecule has 0 aliphatic heterocycles. The first-order valence-corrected chi connectivity index (χ1v) is 18.9. The van der Waals surface area contributed by atoms with Crippen LogP contribution in [0.4, 0.5) is 0 Å². The van der Waals surface area contributed by atoms with Crippen LogP contribution in [0.25, 0.3) is 0 Å². The van der Waals surface area contributed by atoms with Crippen LogP contribution in [0.3, 0.4) is 0 Å². The van der Waals surface area contributed by atoms with E-state index >= 15 is 0 Å². The van der Waals surface area contributed by atoms with Gasteiger partial charge >= 0.3 is 7.82 Å². The van der Waals surface area contributed by atoms with E-state index in [1.54, 1.807) is 12.2 Å². The van der Waals surface area contributed by atoms with Crippen LogP contribution in [0.1, 0.15) is 129 Å². The topological polar surface area (TPSA) is 151 Å². The third-order valence-corrected chi connectivity index (χ3v) is 8.17. The Kier molecular flexibility index (Phi) is 30.0. The number of phosphoric acid groups is 1. The summed E-state index contributed by atoms with van der Waals surface area (Å²) in [5.41, 5.74) is 5.32. The van der Waals surface area contributed by atoms with Crippen molar-refractivity contribution >= 4 is 13.7 Å². The smallest absolute Gasteiger partial charge is 0.389 e. The monoisotopic (exact) mass is 656 g/mol. The average molecular weight is 657 g/mol. The SMILES string of the molecule is CCCCCCCC/C=C\C/C=C\C(O)CC(=O)NC(COP(=O)(O)OCCN)C(O)/C=C/CC/C=C/CCCCCCCC. The Morgan fingerprint density at radius 2 is 1.31 bits per heavy atom. The van der Waals surface area contributed by atoms with Crippen molar-refractivity contribution in [3.63, 3.8) is 0 Å². The van der Waals surface area contributed by atoms with Gasteiger partial charge in [0.2, 0.25) is 5.91 Å². The summed E-state index contributed by atoms with van der Waals surface area (Å²) >= 11 is 0. The Labute approximate surface area is 274 Å². The molecule has 0 saturated heterocycles. The quantitative estimate of drug-likeness (QED) is 0.0291. The van der Waals surface area contributed by atoms with Crippen molar-refractivity contribution in [2.45, 2.75) is 148 Å². The highest BCUT2D eigenvalue weighted by molar-refractivity contribution is 7.47. The molecule has 6 N–H and O–H groups in total. The third kappa shape index (κ3) is 29.6. The predicted molar refractivity (Wildman–Crippen MR) is 186 cm³/mol. The second-order valence-electron chi connectivity index (χ2n) is 11.5. The molecule has 0 saturated carbocycles. The Bertz CT molecular complexity index is 863. The van der Waals surface area contributed by atoms with Gasteiger partial charge in [-0.25, -0.2) is 4.57 Å². The average Bonchev–Trinajstić information content (AvgIpc) is 3.01. The van der Waals surface area contributed by atoms with E-state index in [1.807, 2.05) is 6.08 Å². The number of aliphatic hydroxyl groups is 2. The minimum atomic E-state index is -4.41. The van der Waals surface area contributed by atoms with Crippen LogP contribution in [0.5, 0.6) is 0 Å². The lowest BCUT2D eigenvalue weighted by Gasteiger charge is -2.23. The number of hydrogen-bond donors (Lipinski definition) is 5. The number of carbonyl (C=O) groups is 1. The number of nitrogens with two attached hydrogens (primary N) is 1. The van der Waals surface area contributed by atoms with E-state index in [4.69, 9.17) is 14.8 Å². The van der Waals surface area contributed by atoms with Gasteiger partial charge in [-0.3, -0.25) is 13.8 Å². The molecule has 1 amide bonds. The first-order chi connectivity index (χ1) is 21.8. The van der Waals surface area contributed by atoms with Gasteiger partial charge in [0.25, 0.3) is 0 Å². The van der Waals surface area contributed by atoms with Gasteiger partial charge in [-0.05, 0) is 44.9 Å². The van der Waals surface area contributed by atoms with Gasteiger partial charge in [-0.15, -0.1) is 0 Å². The zero-order chi connectivity index (χ0) is 33.4. The molecule has 0 radical (unpaired) electrons. The molecule has 0 aliphatic carbocycles. The highest BCUT2D eigenvalue weighted by Gasteiger charge is 2.27. The number of phosphoric ester groups is 1. The van der Waals surface area contributed by atoms with Crippen molar-refractivity contribution < 1.29 is 33.5 Å². The van der Waals surface area contributed by atoms with Crippen molar-refractivity contribution in [3.05, 3.63) is 48.6 Å². The minimum absolute atomic E-state index is 0.0349. The fourth-order valence-corrected chi connectivity index (χ4v) is 5.30. The molecule has 9 nitrogen and oxygen atoms in total. The Morgan fingerprint density at radius 3 is 1.93 bits per heavy atom. The second-order valence-corrected chi connectivity index (χ2v) is 13.0. The van der Waals surface area contributed by atoms with Crippen molar-refractivity contribution in [1.82, 2.24) is 5.32 Å². The number of carbonyl (C=O) groups excluding carboxylic acids is 1. The van der Waals surface area contributed by atoms with Crippen molar-refractivity contribution in [2.75, 3.05) is 19.8 Å². The van der Waals surface area contributed by atoms with Gasteiger partial charge in [-0.2, -0.15) is 0 Å². The predicted octanol–water partition coefficient (Wildman–Crippen LogP) is 7.57. The zero-order valence-corrected chi connectivity index (χ0v) is 29.1. The fraction of sp³-hybridized carbons (Fsp3) is 0.743. The van der Waals surface area contributed by atoms with Crippen molar-refractivity contribution in [3.8, 4) is 0 Å². The Morgan fingerprint density at radius 1 is 0.756 bits per heavy atom. The van der Waals surface area contributed by atoms with Crippen LogP contribution in [-0.2, 0) is 18.4 Å². The summed E-state index contributed by atoms with van der Waals surface area (Å²) in [7, 11) is -4.41. The summed E-state index contributed by atoms with van der Waals surface area (Å²) in [6.45, 7) is 3.83. The van der Waals surface area contributed by atoms with Gasteiger partial charge in [-0.1, -0.05) is 127 Å². The summed E-state index contributed by atoms with van der Waals surface area (Å²) in [4.78, 5) is 22.5. The molecule has 0 aromatic carbocycles. The van der Waals surface area contributed by atoms with E-state index in [0.717, 1.165) is 19.3 Å². The number of aliphatic hydroxyl groups excluding tert-OH is 2. The van der Waals surface area contributed by atoms with Crippen LogP contribution >= 0.6 is 7.82 Å². The normalized spacial score (nSPS) is 15.8. The largest absolute Gasteiger partial charge is 0.472 e. The summed E-state index contributed by atoms with van der Waals surface area (Å²) in [6, 6.07) is -1.03. The molecule has 45 heavy (non-hydrogen) atoms. The molecule has 0 aromatic heterocycles. The van der Waals surface area contributed by atoms with Gasteiger partial charge < -0.3 is 26.2 Å². The third-order valence-electron chi connectivity index (χ3n) is 7.19. The van der Waals surface area contributed by atoms with Crippen molar-refractivity contribution in [2.24, 2.45) is 5.73 Å². The molecule has 0 rings (SSSR count). The molecule has 0 aliphatic rings. The van der Waals surface area contributed by atoms with Crippen LogP contribution in [0.2, 0.25) is 0 Å². The van der Waals surface area contributed by atoms with E-state index < -0.39 is 38.6 Å². The number of amides is 1. The molecular formula is C35H65N2O7P. The molecule has 0 fully saturated rings. The van der Waals surface area contributed by atoms with E-state index in [1.165, 1.54) is 83.1 Å². The second kappa shape index (κ2) is 31.0. The highest BCUT2D eigenvalue weighted by atomic mass is 31.2.